The van der Waals surface area contributed by atoms with Crippen LogP contribution in [0.25, 0.3) is 11.3 Å². The molecule has 0 saturated carbocycles. The van der Waals surface area contributed by atoms with E-state index in [9.17, 15) is 4.79 Å². The molecule has 0 bridgehead atoms. The summed E-state index contributed by atoms with van der Waals surface area (Å²) in [6.07, 6.45) is 7.13. The SMILES string of the molecule is Cl.O=C(Nc1ccc(-c2cnco2)cc1)c1ccn(C2CCCNC2)n1. The molecule has 1 aliphatic heterocycles. The van der Waals surface area contributed by atoms with Crippen LogP contribution in [0.2, 0.25) is 0 Å². The third-order valence-corrected chi connectivity index (χ3v) is 4.35. The number of hydrogen-bond donors (Lipinski definition) is 2. The molecule has 1 atom stereocenters. The van der Waals surface area contributed by atoms with Crippen molar-refractivity contribution in [3.63, 3.8) is 0 Å². The van der Waals surface area contributed by atoms with Gasteiger partial charge in [-0.25, -0.2) is 4.98 Å². The third-order valence-electron chi connectivity index (χ3n) is 4.35. The lowest BCUT2D eigenvalue weighted by Crippen LogP contribution is -2.32. The maximum atomic E-state index is 12.4. The summed E-state index contributed by atoms with van der Waals surface area (Å²) in [6.45, 7) is 1.95. The highest BCUT2D eigenvalue weighted by Crippen LogP contribution is 2.21. The van der Waals surface area contributed by atoms with Crippen LogP contribution in [0.3, 0.4) is 0 Å². The van der Waals surface area contributed by atoms with E-state index < -0.39 is 0 Å². The normalized spacial score (nSPS) is 16.7. The first kappa shape index (κ1) is 18.2. The molecule has 7 nitrogen and oxygen atoms in total. The highest BCUT2D eigenvalue weighted by molar-refractivity contribution is 6.02. The van der Waals surface area contributed by atoms with Gasteiger partial charge in [-0.05, 0) is 49.7 Å². The first-order valence-electron chi connectivity index (χ1n) is 8.36. The Morgan fingerprint density at radius 3 is 2.81 bits per heavy atom. The number of oxazole rings is 1. The first-order valence-corrected chi connectivity index (χ1v) is 8.36. The molecule has 1 unspecified atom stereocenters. The van der Waals surface area contributed by atoms with Gasteiger partial charge in [0.25, 0.3) is 5.91 Å². The van der Waals surface area contributed by atoms with Crippen LogP contribution < -0.4 is 10.6 Å². The molecule has 3 heterocycles. The zero-order valence-corrected chi connectivity index (χ0v) is 14.9. The molecule has 1 aromatic carbocycles. The largest absolute Gasteiger partial charge is 0.444 e. The molecule has 3 aromatic rings. The molecular weight excluding hydrogens is 354 g/mol. The number of halogens is 1. The molecule has 0 aliphatic carbocycles. The quantitative estimate of drug-likeness (QED) is 0.733. The fourth-order valence-corrected chi connectivity index (χ4v) is 2.99. The lowest BCUT2D eigenvalue weighted by Gasteiger charge is -2.22. The lowest BCUT2D eigenvalue weighted by molar-refractivity contribution is 0.102. The van der Waals surface area contributed by atoms with E-state index in [1.165, 1.54) is 6.39 Å². The van der Waals surface area contributed by atoms with Gasteiger partial charge in [-0.1, -0.05) is 0 Å². The van der Waals surface area contributed by atoms with E-state index >= 15 is 0 Å². The maximum Gasteiger partial charge on any atom is 0.276 e. The van der Waals surface area contributed by atoms with Gasteiger partial charge in [-0.2, -0.15) is 5.10 Å². The van der Waals surface area contributed by atoms with Gasteiger partial charge in [-0.15, -0.1) is 12.4 Å². The molecule has 1 aliphatic rings. The molecular formula is C18H20ClN5O2. The monoisotopic (exact) mass is 373 g/mol. The Kier molecular flexibility index (Phi) is 5.70. The zero-order chi connectivity index (χ0) is 17.1. The predicted octanol–water partition coefficient (Wildman–Crippen LogP) is 3.14. The summed E-state index contributed by atoms with van der Waals surface area (Å²) in [6, 6.07) is 9.49. The summed E-state index contributed by atoms with van der Waals surface area (Å²) in [5.74, 6) is 0.479. The number of carbonyl (C=O) groups is 1. The van der Waals surface area contributed by atoms with Gasteiger partial charge in [0.05, 0.1) is 12.2 Å². The molecule has 2 aromatic heterocycles. The van der Waals surface area contributed by atoms with Crippen molar-refractivity contribution in [2.75, 3.05) is 18.4 Å². The number of nitrogens with one attached hydrogen (secondary N) is 2. The van der Waals surface area contributed by atoms with Crippen LogP contribution >= 0.6 is 12.4 Å². The summed E-state index contributed by atoms with van der Waals surface area (Å²) >= 11 is 0. The van der Waals surface area contributed by atoms with Crippen LogP contribution in [0.1, 0.15) is 29.4 Å². The Morgan fingerprint density at radius 1 is 1.27 bits per heavy atom. The Morgan fingerprint density at radius 2 is 2.12 bits per heavy atom. The van der Waals surface area contributed by atoms with Crippen molar-refractivity contribution < 1.29 is 9.21 Å². The Labute approximate surface area is 157 Å². The van der Waals surface area contributed by atoms with Gasteiger partial charge in [0.15, 0.2) is 17.8 Å². The van der Waals surface area contributed by atoms with Crippen molar-refractivity contribution in [1.82, 2.24) is 20.1 Å². The molecule has 8 heteroatoms. The summed E-state index contributed by atoms with van der Waals surface area (Å²) < 4.78 is 7.14. The third kappa shape index (κ3) is 3.95. The number of anilines is 1. The zero-order valence-electron chi connectivity index (χ0n) is 14.1. The number of hydrogen-bond acceptors (Lipinski definition) is 5. The molecule has 2 N–H and O–H groups in total. The van der Waals surface area contributed by atoms with E-state index in [1.807, 2.05) is 35.1 Å². The van der Waals surface area contributed by atoms with Crippen molar-refractivity contribution in [2.45, 2.75) is 18.9 Å². The van der Waals surface area contributed by atoms with Gasteiger partial charge in [0, 0.05) is 24.0 Å². The molecule has 0 spiro atoms. The molecule has 1 saturated heterocycles. The van der Waals surface area contributed by atoms with Crippen molar-refractivity contribution in [1.29, 1.82) is 0 Å². The number of nitrogens with zero attached hydrogens (tertiary/aromatic N) is 3. The number of aromatic nitrogens is 3. The number of amides is 1. The van der Waals surface area contributed by atoms with Gasteiger partial charge >= 0.3 is 0 Å². The van der Waals surface area contributed by atoms with Gasteiger partial charge in [0.2, 0.25) is 0 Å². The van der Waals surface area contributed by atoms with Crippen LogP contribution in [0.15, 0.2) is 53.5 Å². The average Bonchev–Trinajstić information content (AvgIpc) is 3.35. The summed E-state index contributed by atoms with van der Waals surface area (Å²) in [7, 11) is 0. The van der Waals surface area contributed by atoms with E-state index in [0.29, 0.717) is 23.2 Å². The standard InChI is InChI=1S/C18H19N5O2.ClH/c24-18(16-7-9-23(22-16)15-2-1-8-19-10-15)21-14-5-3-13(4-6-14)17-11-20-12-25-17;/h3-7,9,11-12,15,19H,1-2,8,10H2,(H,21,24);1H. The number of piperidine rings is 1. The Hall–Kier alpha value is -2.64. The van der Waals surface area contributed by atoms with Crippen molar-refractivity contribution in [3.8, 4) is 11.3 Å². The Bertz CT molecular complexity index is 839. The van der Waals surface area contributed by atoms with E-state index in [0.717, 1.165) is 31.5 Å². The molecule has 1 fully saturated rings. The predicted molar refractivity (Wildman–Crippen MR) is 101 cm³/mol. The smallest absolute Gasteiger partial charge is 0.276 e. The van der Waals surface area contributed by atoms with Crippen LogP contribution in [0.4, 0.5) is 5.69 Å². The highest BCUT2D eigenvalue weighted by atomic mass is 35.5. The topological polar surface area (TPSA) is 85.0 Å². The number of rotatable bonds is 4. The van der Waals surface area contributed by atoms with Crippen molar-refractivity contribution in [3.05, 3.63) is 54.8 Å². The summed E-state index contributed by atoms with van der Waals surface area (Å²) in [5.41, 5.74) is 2.04. The van der Waals surface area contributed by atoms with Crippen LogP contribution in [-0.2, 0) is 0 Å². The number of benzene rings is 1. The molecule has 136 valence electrons. The van der Waals surface area contributed by atoms with Crippen LogP contribution in [-0.4, -0.2) is 33.8 Å². The van der Waals surface area contributed by atoms with Gasteiger partial charge in [-0.3, -0.25) is 9.48 Å². The van der Waals surface area contributed by atoms with Gasteiger partial charge < -0.3 is 15.1 Å². The number of carbonyl (C=O) groups excluding carboxylic acids is 1. The van der Waals surface area contributed by atoms with E-state index in [2.05, 4.69) is 20.7 Å². The average molecular weight is 374 g/mol. The minimum atomic E-state index is -0.213. The second-order valence-electron chi connectivity index (χ2n) is 6.08. The van der Waals surface area contributed by atoms with Crippen LogP contribution in [0.5, 0.6) is 0 Å². The second kappa shape index (κ2) is 8.16. The van der Waals surface area contributed by atoms with E-state index in [1.54, 1.807) is 12.3 Å². The van der Waals surface area contributed by atoms with Crippen molar-refractivity contribution in [2.24, 2.45) is 0 Å². The van der Waals surface area contributed by atoms with Gasteiger partial charge in [0.1, 0.15) is 0 Å². The maximum absolute atomic E-state index is 12.4. The molecule has 1 amide bonds. The first-order chi connectivity index (χ1) is 12.3. The summed E-state index contributed by atoms with van der Waals surface area (Å²) in [5, 5.41) is 10.7. The van der Waals surface area contributed by atoms with Crippen LogP contribution in [0, 0.1) is 0 Å². The Balaban J connectivity index is 0.00000196. The van der Waals surface area contributed by atoms with E-state index in [-0.39, 0.29) is 18.3 Å². The second-order valence-corrected chi connectivity index (χ2v) is 6.08. The minimum Gasteiger partial charge on any atom is -0.444 e. The lowest BCUT2D eigenvalue weighted by atomic mass is 10.1. The molecule has 0 radical (unpaired) electrons. The molecule has 4 rings (SSSR count). The molecule has 26 heavy (non-hydrogen) atoms. The fraction of sp³-hybridized carbons (Fsp3) is 0.278. The summed E-state index contributed by atoms with van der Waals surface area (Å²) in [4.78, 5) is 16.3. The highest BCUT2D eigenvalue weighted by Gasteiger charge is 2.17. The van der Waals surface area contributed by atoms with E-state index in [4.69, 9.17) is 4.42 Å². The fourth-order valence-electron chi connectivity index (χ4n) is 2.99. The minimum absolute atomic E-state index is 0. The van der Waals surface area contributed by atoms with Crippen molar-refractivity contribution >= 4 is 24.0 Å².